The third kappa shape index (κ3) is 2.82. The van der Waals surface area contributed by atoms with Gasteiger partial charge in [0.25, 0.3) is 0 Å². The van der Waals surface area contributed by atoms with E-state index in [0.29, 0.717) is 12.3 Å². The normalized spacial score (nSPS) is 12.4. The number of aromatic nitrogens is 2. The summed E-state index contributed by atoms with van der Waals surface area (Å²) < 4.78 is 20.1. The van der Waals surface area contributed by atoms with Crippen molar-refractivity contribution in [3.05, 3.63) is 48.0 Å². The maximum atomic E-state index is 12.7. The molecule has 0 radical (unpaired) electrons. The third-order valence-corrected chi connectivity index (χ3v) is 2.40. The standard InChI is InChI=1S/C12H14FN3O/c1-16-8-9(7-15-16)12(6-14)17-11-4-2-10(13)3-5-11/h2-5,7-8,12H,6,14H2,1H3. The lowest BCUT2D eigenvalue weighted by molar-refractivity contribution is 0.214. The zero-order chi connectivity index (χ0) is 12.3. The van der Waals surface area contributed by atoms with Crippen LogP contribution in [0.4, 0.5) is 4.39 Å². The Morgan fingerprint density at radius 1 is 1.41 bits per heavy atom. The van der Waals surface area contributed by atoms with E-state index >= 15 is 0 Å². The predicted octanol–water partition coefficient (Wildman–Crippen LogP) is 1.64. The van der Waals surface area contributed by atoms with Gasteiger partial charge in [-0.1, -0.05) is 0 Å². The van der Waals surface area contributed by atoms with Gasteiger partial charge in [0.1, 0.15) is 17.7 Å². The van der Waals surface area contributed by atoms with Gasteiger partial charge in [-0.25, -0.2) is 4.39 Å². The Morgan fingerprint density at radius 2 is 2.12 bits per heavy atom. The summed E-state index contributed by atoms with van der Waals surface area (Å²) in [5.74, 6) is 0.300. The van der Waals surface area contributed by atoms with Crippen LogP contribution < -0.4 is 10.5 Å². The number of ether oxygens (including phenoxy) is 1. The predicted molar refractivity (Wildman–Crippen MR) is 62.0 cm³/mol. The molecule has 0 aliphatic carbocycles. The number of nitrogens with two attached hydrogens (primary N) is 1. The van der Waals surface area contributed by atoms with Crippen LogP contribution in [0.3, 0.4) is 0 Å². The molecule has 0 saturated carbocycles. The summed E-state index contributed by atoms with van der Waals surface area (Å²) >= 11 is 0. The molecule has 0 amide bonds. The molecular weight excluding hydrogens is 221 g/mol. The van der Waals surface area contributed by atoms with Crippen molar-refractivity contribution in [2.45, 2.75) is 6.10 Å². The number of halogens is 1. The maximum absolute atomic E-state index is 12.7. The van der Waals surface area contributed by atoms with E-state index in [2.05, 4.69) is 5.10 Å². The Balaban J connectivity index is 2.12. The number of benzene rings is 1. The second kappa shape index (κ2) is 4.97. The van der Waals surface area contributed by atoms with Gasteiger partial charge in [-0.3, -0.25) is 4.68 Å². The molecule has 1 aromatic heterocycles. The fraction of sp³-hybridized carbons (Fsp3) is 0.250. The van der Waals surface area contributed by atoms with Crippen molar-refractivity contribution in [3.63, 3.8) is 0 Å². The fourth-order valence-electron chi connectivity index (χ4n) is 1.54. The summed E-state index contributed by atoms with van der Waals surface area (Å²) in [5.41, 5.74) is 6.56. The molecule has 2 rings (SSSR count). The first kappa shape index (κ1) is 11.6. The molecule has 17 heavy (non-hydrogen) atoms. The van der Waals surface area contributed by atoms with E-state index in [1.54, 1.807) is 23.0 Å². The SMILES string of the molecule is Cn1cc(C(CN)Oc2ccc(F)cc2)cn1. The molecule has 0 bridgehead atoms. The highest BCUT2D eigenvalue weighted by molar-refractivity contribution is 5.23. The average Bonchev–Trinajstić information content (AvgIpc) is 2.75. The molecule has 2 aromatic rings. The third-order valence-electron chi connectivity index (χ3n) is 2.40. The van der Waals surface area contributed by atoms with Crippen molar-refractivity contribution in [1.29, 1.82) is 0 Å². The summed E-state index contributed by atoms with van der Waals surface area (Å²) in [5, 5.41) is 4.06. The van der Waals surface area contributed by atoms with Gasteiger partial charge < -0.3 is 10.5 Å². The number of nitrogens with zero attached hydrogens (tertiary/aromatic N) is 2. The van der Waals surface area contributed by atoms with E-state index in [0.717, 1.165) is 5.56 Å². The van der Waals surface area contributed by atoms with Crippen LogP contribution in [0.2, 0.25) is 0 Å². The van der Waals surface area contributed by atoms with Gasteiger partial charge in [-0.2, -0.15) is 5.10 Å². The maximum Gasteiger partial charge on any atom is 0.139 e. The zero-order valence-corrected chi connectivity index (χ0v) is 9.51. The molecule has 4 nitrogen and oxygen atoms in total. The molecule has 0 fully saturated rings. The molecule has 90 valence electrons. The Morgan fingerprint density at radius 3 is 2.65 bits per heavy atom. The average molecular weight is 235 g/mol. The van der Waals surface area contributed by atoms with Crippen LogP contribution in [0.25, 0.3) is 0 Å². The second-order valence-electron chi connectivity index (χ2n) is 3.74. The van der Waals surface area contributed by atoms with E-state index in [9.17, 15) is 4.39 Å². The van der Waals surface area contributed by atoms with Gasteiger partial charge in [-0.05, 0) is 24.3 Å². The second-order valence-corrected chi connectivity index (χ2v) is 3.74. The van der Waals surface area contributed by atoms with Gasteiger partial charge in [0, 0.05) is 25.4 Å². The summed E-state index contributed by atoms with van der Waals surface area (Å²) in [6, 6.07) is 5.86. The Kier molecular flexibility index (Phi) is 3.39. The van der Waals surface area contributed by atoms with Gasteiger partial charge >= 0.3 is 0 Å². The smallest absolute Gasteiger partial charge is 0.139 e. The molecule has 5 heteroatoms. The minimum absolute atomic E-state index is 0.269. The van der Waals surface area contributed by atoms with Gasteiger partial charge in [-0.15, -0.1) is 0 Å². The van der Waals surface area contributed by atoms with Crippen molar-refractivity contribution in [1.82, 2.24) is 9.78 Å². The molecule has 1 aromatic carbocycles. The van der Waals surface area contributed by atoms with E-state index in [1.165, 1.54) is 12.1 Å². The topological polar surface area (TPSA) is 53.1 Å². The van der Waals surface area contributed by atoms with E-state index < -0.39 is 0 Å². The quantitative estimate of drug-likeness (QED) is 0.876. The largest absolute Gasteiger partial charge is 0.484 e. The number of hydrogen-bond donors (Lipinski definition) is 1. The van der Waals surface area contributed by atoms with Crippen LogP contribution >= 0.6 is 0 Å². The minimum Gasteiger partial charge on any atom is -0.484 e. The lowest BCUT2D eigenvalue weighted by Crippen LogP contribution is -2.18. The van der Waals surface area contributed by atoms with E-state index in [1.807, 2.05) is 13.2 Å². The van der Waals surface area contributed by atoms with Crippen molar-refractivity contribution in [3.8, 4) is 5.75 Å². The summed E-state index contributed by atoms with van der Waals surface area (Å²) in [7, 11) is 1.83. The summed E-state index contributed by atoms with van der Waals surface area (Å²) in [6.07, 6.45) is 3.29. The lowest BCUT2D eigenvalue weighted by Gasteiger charge is -2.15. The van der Waals surface area contributed by atoms with Crippen molar-refractivity contribution in [2.75, 3.05) is 6.54 Å². The number of rotatable bonds is 4. The highest BCUT2D eigenvalue weighted by atomic mass is 19.1. The molecule has 0 aliphatic rings. The minimum atomic E-state index is -0.289. The Bertz CT molecular complexity index is 481. The van der Waals surface area contributed by atoms with Gasteiger partial charge in [0.05, 0.1) is 6.20 Å². The zero-order valence-electron chi connectivity index (χ0n) is 9.51. The van der Waals surface area contributed by atoms with Crippen LogP contribution in [0.5, 0.6) is 5.75 Å². The number of hydrogen-bond acceptors (Lipinski definition) is 3. The van der Waals surface area contributed by atoms with E-state index in [4.69, 9.17) is 10.5 Å². The van der Waals surface area contributed by atoms with Crippen molar-refractivity contribution < 1.29 is 9.13 Å². The molecule has 0 saturated heterocycles. The van der Waals surface area contributed by atoms with E-state index in [-0.39, 0.29) is 11.9 Å². The first-order valence-electron chi connectivity index (χ1n) is 5.30. The van der Waals surface area contributed by atoms with Crippen LogP contribution in [0.1, 0.15) is 11.7 Å². The van der Waals surface area contributed by atoms with Gasteiger partial charge in [0.15, 0.2) is 0 Å². The van der Waals surface area contributed by atoms with Crippen molar-refractivity contribution >= 4 is 0 Å². The van der Waals surface area contributed by atoms with Crippen LogP contribution in [-0.2, 0) is 7.05 Å². The first-order valence-corrected chi connectivity index (χ1v) is 5.30. The van der Waals surface area contributed by atoms with Crippen molar-refractivity contribution in [2.24, 2.45) is 12.8 Å². The highest BCUT2D eigenvalue weighted by Crippen LogP contribution is 2.20. The molecule has 0 spiro atoms. The fourth-order valence-corrected chi connectivity index (χ4v) is 1.54. The van der Waals surface area contributed by atoms with Crippen LogP contribution in [-0.4, -0.2) is 16.3 Å². The van der Waals surface area contributed by atoms with Crippen LogP contribution in [0, 0.1) is 5.82 Å². The molecule has 1 heterocycles. The molecule has 1 unspecified atom stereocenters. The molecule has 2 N–H and O–H groups in total. The Labute approximate surface area is 98.8 Å². The lowest BCUT2D eigenvalue weighted by atomic mass is 10.2. The summed E-state index contributed by atoms with van der Waals surface area (Å²) in [4.78, 5) is 0. The molecular formula is C12H14FN3O. The summed E-state index contributed by atoms with van der Waals surface area (Å²) in [6.45, 7) is 0.336. The Hall–Kier alpha value is -1.88. The highest BCUT2D eigenvalue weighted by Gasteiger charge is 2.13. The molecule has 1 atom stereocenters. The van der Waals surface area contributed by atoms with Gasteiger partial charge in [0.2, 0.25) is 0 Å². The number of aryl methyl sites for hydroxylation is 1. The molecule has 0 aliphatic heterocycles. The van der Waals surface area contributed by atoms with Crippen LogP contribution in [0.15, 0.2) is 36.7 Å². The monoisotopic (exact) mass is 235 g/mol. The first-order chi connectivity index (χ1) is 8.19.